The van der Waals surface area contributed by atoms with Crippen molar-refractivity contribution in [3.63, 3.8) is 0 Å². The Hall–Kier alpha value is -1.08. The molecule has 0 aromatic heterocycles. The van der Waals surface area contributed by atoms with Gasteiger partial charge in [0.25, 0.3) is 0 Å². The highest BCUT2D eigenvalue weighted by Gasteiger charge is 2.46. The SMILES string of the molecule is CN(CC1CC(O)C1)C(=O)C1(C#N)CCC1. The molecule has 4 heteroatoms. The minimum atomic E-state index is -0.725. The molecule has 0 radical (unpaired) electrons. The van der Waals surface area contributed by atoms with E-state index in [4.69, 9.17) is 5.26 Å². The van der Waals surface area contributed by atoms with E-state index in [0.717, 1.165) is 19.3 Å². The van der Waals surface area contributed by atoms with Crippen LogP contribution in [0.25, 0.3) is 0 Å². The first kappa shape index (κ1) is 11.4. The van der Waals surface area contributed by atoms with E-state index in [1.165, 1.54) is 0 Å². The number of carbonyl (C=O) groups is 1. The van der Waals surface area contributed by atoms with Gasteiger partial charge in [-0.2, -0.15) is 5.26 Å². The predicted molar refractivity (Wildman–Crippen MR) is 58.3 cm³/mol. The van der Waals surface area contributed by atoms with Gasteiger partial charge < -0.3 is 10.0 Å². The Kier molecular flexibility index (Phi) is 2.90. The third-order valence-corrected chi connectivity index (χ3v) is 3.92. The standard InChI is InChI=1S/C12H18N2O2/c1-14(7-9-5-10(15)6-9)11(16)12(8-13)3-2-4-12/h9-10,15H,2-7H2,1H3. The van der Waals surface area contributed by atoms with Gasteiger partial charge in [-0.15, -0.1) is 0 Å². The molecule has 88 valence electrons. The van der Waals surface area contributed by atoms with E-state index in [9.17, 15) is 9.90 Å². The molecule has 2 saturated carbocycles. The van der Waals surface area contributed by atoms with Gasteiger partial charge in [-0.1, -0.05) is 0 Å². The predicted octanol–water partition coefficient (Wildman–Crippen LogP) is 0.910. The van der Waals surface area contributed by atoms with Crippen LogP contribution in [-0.2, 0) is 4.79 Å². The van der Waals surface area contributed by atoms with Crippen molar-refractivity contribution < 1.29 is 9.90 Å². The zero-order valence-corrected chi connectivity index (χ0v) is 9.65. The fourth-order valence-corrected chi connectivity index (χ4v) is 2.59. The van der Waals surface area contributed by atoms with Gasteiger partial charge in [0.2, 0.25) is 5.91 Å². The lowest BCUT2D eigenvalue weighted by atomic mass is 9.69. The van der Waals surface area contributed by atoms with Gasteiger partial charge in [0.1, 0.15) is 5.41 Å². The number of nitriles is 1. The number of aliphatic hydroxyl groups excluding tert-OH is 1. The summed E-state index contributed by atoms with van der Waals surface area (Å²) in [5, 5.41) is 18.2. The number of aliphatic hydroxyl groups is 1. The minimum Gasteiger partial charge on any atom is -0.393 e. The third kappa shape index (κ3) is 1.80. The fourth-order valence-electron chi connectivity index (χ4n) is 2.59. The van der Waals surface area contributed by atoms with E-state index in [2.05, 4.69) is 6.07 Å². The lowest BCUT2D eigenvalue weighted by Gasteiger charge is -2.40. The summed E-state index contributed by atoms with van der Waals surface area (Å²) in [4.78, 5) is 13.8. The van der Waals surface area contributed by atoms with Crippen LogP contribution in [0.3, 0.4) is 0 Å². The largest absolute Gasteiger partial charge is 0.393 e. The molecule has 4 nitrogen and oxygen atoms in total. The fraction of sp³-hybridized carbons (Fsp3) is 0.833. The Morgan fingerprint density at radius 1 is 1.56 bits per heavy atom. The molecular formula is C12H18N2O2. The van der Waals surface area contributed by atoms with E-state index < -0.39 is 5.41 Å². The molecule has 16 heavy (non-hydrogen) atoms. The van der Waals surface area contributed by atoms with Gasteiger partial charge in [0.05, 0.1) is 12.2 Å². The quantitative estimate of drug-likeness (QED) is 0.772. The van der Waals surface area contributed by atoms with Crippen molar-refractivity contribution in [2.24, 2.45) is 11.3 Å². The highest BCUT2D eigenvalue weighted by atomic mass is 16.3. The van der Waals surface area contributed by atoms with Crippen LogP contribution in [0.1, 0.15) is 32.1 Å². The van der Waals surface area contributed by atoms with Crippen molar-refractivity contribution in [3.8, 4) is 6.07 Å². The maximum atomic E-state index is 12.1. The monoisotopic (exact) mass is 222 g/mol. The van der Waals surface area contributed by atoms with E-state index >= 15 is 0 Å². The first-order valence-electron chi connectivity index (χ1n) is 5.92. The van der Waals surface area contributed by atoms with Crippen molar-refractivity contribution in [3.05, 3.63) is 0 Å². The maximum Gasteiger partial charge on any atom is 0.242 e. The molecule has 0 bridgehead atoms. The Balaban J connectivity index is 1.87. The highest BCUT2D eigenvalue weighted by molar-refractivity contribution is 5.86. The molecule has 1 amide bonds. The molecule has 0 spiro atoms. The van der Waals surface area contributed by atoms with Gasteiger partial charge in [-0.25, -0.2) is 0 Å². The number of rotatable bonds is 3. The summed E-state index contributed by atoms with van der Waals surface area (Å²) in [5.74, 6) is 0.391. The topological polar surface area (TPSA) is 64.3 Å². The number of carbonyl (C=O) groups excluding carboxylic acids is 1. The smallest absolute Gasteiger partial charge is 0.242 e. The third-order valence-electron chi connectivity index (χ3n) is 3.92. The molecule has 2 aliphatic carbocycles. The Morgan fingerprint density at radius 2 is 2.19 bits per heavy atom. The molecule has 1 N–H and O–H groups in total. The van der Waals surface area contributed by atoms with E-state index in [-0.39, 0.29) is 12.0 Å². The van der Waals surface area contributed by atoms with Crippen LogP contribution < -0.4 is 0 Å². The summed E-state index contributed by atoms with van der Waals surface area (Å²) < 4.78 is 0. The number of amides is 1. The lowest BCUT2D eigenvalue weighted by Crippen LogP contribution is -2.48. The molecular weight excluding hydrogens is 204 g/mol. The molecule has 2 aliphatic rings. The van der Waals surface area contributed by atoms with Crippen LogP contribution in [0.5, 0.6) is 0 Å². The van der Waals surface area contributed by atoms with Crippen LogP contribution in [0.4, 0.5) is 0 Å². The average molecular weight is 222 g/mol. The highest BCUT2D eigenvalue weighted by Crippen LogP contribution is 2.42. The molecule has 0 atom stereocenters. The zero-order chi connectivity index (χ0) is 11.8. The van der Waals surface area contributed by atoms with Gasteiger partial charge in [0.15, 0.2) is 0 Å². The summed E-state index contributed by atoms with van der Waals surface area (Å²) in [6, 6.07) is 2.17. The van der Waals surface area contributed by atoms with Gasteiger partial charge in [-0.05, 0) is 38.0 Å². The second-order valence-corrected chi connectivity index (χ2v) is 5.22. The first-order chi connectivity index (χ1) is 7.57. The molecule has 0 aliphatic heterocycles. The minimum absolute atomic E-state index is 0.0253. The summed E-state index contributed by atoms with van der Waals surface area (Å²) in [7, 11) is 1.77. The van der Waals surface area contributed by atoms with Crippen molar-refractivity contribution in [1.29, 1.82) is 5.26 Å². The number of hydrogen-bond donors (Lipinski definition) is 1. The Bertz CT molecular complexity index is 324. The molecule has 0 aromatic rings. The zero-order valence-electron chi connectivity index (χ0n) is 9.65. The van der Waals surface area contributed by atoms with Gasteiger partial charge in [0, 0.05) is 13.6 Å². The van der Waals surface area contributed by atoms with Crippen LogP contribution in [0, 0.1) is 22.7 Å². The van der Waals surface area contributed by atoms with E-state index in [1.807, 2.05) is 0 Å². The van der Waals surface area contributed by atoms with E-state index in [0.29, 0.717) is 25.3 Å². The van der Waals surface area contributed by atoms with E-state index in [1.54, 1.807) is 11.9 Å². The number of hydrogen-bond acceptors (Lipinski definition) is 3. The Labute approximate surface area is 95.9 Å². The normalized spacial score (nSPS) is 30.8. The van der Waals surface area contributed by atoms with Crippen molar-refractivity contribution >= 4 is 5.91 Å². The molecule has 0 heterocycles. The second-order valence-electron chi connectivity index (χ2n) is 5.22. The van der Waals surface area contributed by atoms with Crippen LogP contribution in [0.2, 0.25) is 0 Å². The lowest BCUT2D eigenvalue weighted by molar-refractivity contribution is -0.143. The molecule has 2 rings (SSSR count). The van der Waals surface area contributed by atoms with Crippen LogP contribution >= 0.6 is 0 Å². The molecule has 0 unspecified atom stereocenters. The van der Waals surface area contributed by atoms with Crippen LogP contribution in [-0.4, -0.2) is 35.6 Å². The maximum absolute atomic E-state index is 12.1. The average Bonchev–Trinajstić information content (AvgIpc) is 2.14. The van der Waals surface area contributed by atoms with Crippen molar-refractivity contribution in [2.75, 3.05) is 13.6 Å². The summed E-state index contributed by atoms with van der Waals surface area (Å²) in [6.45, 7) is 0.680. The Morgan fingerprint density at radius 3 is 2.56 bits per heavy atom. The summed E-state index contributed by atoms with van der Waals surface area (Å²) >= 11 is 0. The van der Waals surface area contributed by atoms with Crippen molar-refractivity contribution in [1.82, 2.24) is 4.90 Å². The second kappa shape index (κ2) is 4.06. The molecule has 2 fully saturated rings. The molecule has 0 aromatic carbocycles. The summed E-state index contributed by atoms with van der Waals surface area (Å²) in [6.07, 6.45) is 3.80. The summed E-state index contributed by atoms with van der Waals surface area (Å²) in [5.41, 5.74) is -0.725. The van der Waals surface area contributed by atoms with Gasteiger partial charge >= 0.3 is 0 Å². The molecule has 0 saturated heterocycles. The van der Waals surface area contributed by atoms with Crippen molar-refractivity contribution in [2.45, 2.75) is 38.2 Å². The number of nitrogens with zero attached hydrogens (tertiary/aromatic N) is 2. The first-order valence-corrected chi connectivity index (χ1v) is 5.92. The van der Waals surface area contributed by atoms with Crippen LogP contribution in [0.15, 0.2) is 0 Å². The van der Waals surface area contributed by atoms with Gasteiger partial charge in [-0.3, -0.25) is 4.79 Å².